The summed E-state index contributed by atoms with van der Waals surface area (Å²) in [5.74, 6) is -1.40. The number of urea groups is 1. The van der Waals surface area contributed by atoms with Gasteiger partial charge in [0.1, 0.15) is 0 Å². The molecular formula is C10H13N3O4. The zero-order chi connectivity index (χ0) is 12.8. The van der Waals surface area contributed by atoms with E-state index in [0.29, 0.717) is 0 Å². The second-order valence-corrected chi connectivity index (χ2v) is 3.22. The van der Waals surface area contributed by atoms with Crippen LogP contribution in [-0.2, 0) is 0 Å². The predicted octanol–water partition coefficient (Wildman–Crippen LogP) is -0.504. The number of nitrogens with two attached hydrogens (primary N) is 1. The van der Waals surface area contributed by atoms with Crippen LogP contribution in [0, 0.1) is 0 Å². The number of nitrogens with one attached hydrogen (secondary N) is 2. The standard InChI is InChI=1S/C10H13N3O4/c11-10(17)13-5-4-12-9(16)6-2-1-3-7(14)8(6)15/h1-3,14-15H,4-5H2,(H,12,16)(H3,11,13,17). The molecule has 7 nitrogen and oxygen atoms in total. The van der Waals surface area contributed by atoms with E-state index in [0.717, 1.165) is 0 Å². The molecule has 1 aromatic carbocycles. The van der Waals surface area contributed by atoms with Crippen molar-refractivity contribution in [1.82, 2.24) is 10.6 Å². The Balaban J connectivity index is 2.53. The quantitative estimate of drug-likeness (QED) is 0.358. The Morgan fingerprint density at radius 2 is 1.82 bits per heavy atom. The van der Waals surface area contributed by atoms with Crippen molar-refractivity contribution in [2.45, 2.75) is 0 Å². The number of para-hydroxylation sites is 1. The summed E-state index contributed by atoms with van der Waals surface area (Å²) in [6.45, 7) is 0.345. The first-order chi connectivity index (χ1) is 8.02. The highest BCUT2D eigenvalue weighted by atomic mass is 16.3. The number of primary amides is 1. The van der Waals surface area contributed by atoms with Crippen molar-refractivity contribution in [3.63, 3.8) is 0 Å². The van der Waals surface area contributed by atoms with Gasteiger partial charge < -0.3 is 26.6 Å². The summed E-state index contributed by atoms with van der Waals surface area (Å²) < 4.78 is 0. The minimum Gasteiger partial charge on any atom is -0.504 e. The van der Waals surface area contributed by atoms with Crippen LogP contribution in [0.3, 0.4) is 0 Å². The van der Waals surface area contributed by atoms with Crippen molar-refractivity contribution in [3.05, 3.63) is 23.8 Å². The largest absolute Gasteiger partial charge is 0.504 e. The zero-order valence-electron chi connectivity index (χ0n) is 8.93. The maximum atomic E-state index is 11.5. The third kappa shape index (κ3) is 3.56. The molecule has 0 fully saturated rings. The molecule has 7 heteroatoms. The van der Waals surface area contributed by atoms with Crippen LogP contribution < -0.4 is 16.4 Å². The number of aromatic hydroxyl groups is 2. The Hall–Kier alpha value is -2.44. The lowest BCUT2D eigenvalue weighted by atomic mass is 10.1. The van der Waals surface area contributed by atoms with Gasteiger partial charge in [-0.15, -0.1) is 0 Å². The Morgan fingerprint density at radius 1 is 1.18 bits per heavy atom. The summed E-state index contributed by atoms with van der Waals surface area (Å²) in [6, 6.07) is 3.39. The van der Waals surface area contributed by atoms with Gasteiger partial charge in [-0.1, -0.05) is 6.07 Å². The van der Waals surface area contributed by atoms with E-state index in [1.807, 2.05) is 0 Å². The maximum Gasteiger partial charge on any atom is 0.312 e. The number of hydrogen-bond donors (Lipinski definition) is 5. The van der Waals surface area contributed by atoms with Crippen LogP contribution in [-0.4, -0.2) is 35.2 Å². The number of rotatable bonds is 4. The average molecular weight is 239 g/mol. The van der Waals surface area contributed by atoms with Crippen LogP contribution in [0.4, 0.5) is 4.79 Å². The van der Waals surface area contributed by atoms with Gasteiger partial charge in [-0.2, -0.15) is 0 Å². The third-order valence-electron chi connectivity index (χ3n) is 1.97. The van der Waals surface area contributed by atoms with Crippen molar-refractivity contribution in [2.24, 2.45) is 5.73 Å². The molecule has 0 saturated carbocycles. The highest BCUT2D eigenvalue weighted by Crippen LogP contribution is 2.27. The van der Waals surface area contributed by atoms with Crippen LogP contribution in [0.1, 0.15) is 10.4 Å². The molecule has 0 aliphatic rings. The van der Waals surface area contributed by atoms with E-state index in [2.05, 4.69) is 10.6 Å². The number of benzene rings is 1. The monoisotopic (exact) mass is 239 g/mol. The Labute approximate surface area is 97.2 Å². The summed E-state index contributed by atoms with van der Waals surface area (Å²) in [6.07, 6.45) is 0. The first kappa shape index (κ1) is 12.6. The molecule has 0 atom stereocenters. The molecule has 1 aromatic rings. The van der Waals surface area contributed by atoms with Crippen LogP contribution in [0.2, 0.25) is 0 Å². The van der Waals surface area contributed by atoms with Gasteiger partial charge in [0.25, 0.3) is 5.91 Å². The molecule has 1 rings (SSSR count). The normalized spacial score (nSPS) is 9.65. The minimum atomic E-state index is -0.681. The molecule has 92 valence electrons. The van der Waals surface area contributed by atoms with Crippen LogP contribution in [0.25, 0.3) is 0 Å². The van der Waals surface area contributed by atoms with Crippen molar-refractivity contribution >= 4 is 11.9 Å². The highest BCUT2D eigenvalue weighted by molar-refractivity contribution is 5.97. The van der Waals surface area contributed by atoms with E-state index >= 15 is 0 Å². The fourth-order valence-electron chi connectivity index (χ4n) is 1.17. The molecule has 3 amide bonds. The number of amides is 3. The molecular weight excluding hydrogens is 226 g/mol. The predicted molar refractivity (Wildman–Crippen MR) is 59.7 cm³/mol. The molecule has 0 spiro atoms. The highest BCUT2D eigenvalue weighted by Gasteiger charge is 2.12. The van der Waals surface area contributed by atoms with Crippen molar-refractivity contribution in [2.75, 3.05) is 13.1 Å². The summed E-state index contributed by atoms with van der Waals surface area (Å²) >= 11 is 0. The molecule has 0 radical (unpaired) electrons. The van der Waals surface area contributed by atoms with E-state index in [9.17, 15) is 19.8 Å². The molecule has 0 aliphatic carbocycles. The minimum absolute atomic E-state index is 0.0379. The fraction of sp³-hybridized carbons (Fsp3) is 0.200. The Morgan fingerprint density at radius 3 is 2.47 bits per heavy atom. The summed E-state index contributed by atoms with van der Waals surface area (Å²) in [5, 5.41) is 23.3. The second-order valence-electron chi connectivity index (χ2n) is 3.22. The fourth-order valence-corrected chi connectivity index (χ4v) is 1.17. The van der Waals surface area contributed by atoms with Crippen LogP contribution >= 0.6 is 0 Å². The van der Waals surface area contributed by atoms with Gasteiger partial charge in [-0.3, -0.25) is 4.79 Å². The lowest BCUT2D eigenvalue weighted by Crippen LogP contribution is -2.37. The first-order valence-corrected chi connectivity index (χ1v) is 4.85. The SMILES string of the molecule is NC(=O)NCCNC(=O)c1cccc(O)c1O. The molecule has 0 bridgehead atoms. The number of hydrogen-bond acceptors (Lipinski definition) is 4. The molecule has 0 aromatic heterocycles. The number of phenolic OH excluding ortho intramolecular Hbond substituents is 2. The van der Waals surface area contributed by atoms with E-state index in [1.165, 1.54) is 18.2 Å². The van der Waals surface area contributed by atoms with Gasteiger partial charge in [0.05, 0.1) is 5.56 Å². The zero-order valence-corrected chi connectivity index (χ0v) is 8.93. The molecule has 0 aliphatic heterocycles. The number of carbonyl (C=O) groups excluding carboxylic acids is 2. The van der Waals surface area contributed by atoms with Crippen molar-refractivity contribution in [3.8, 4) is 11.5 Å². The van der Waals surface area contributed by atoms with Gasteiger partial charge in [0.15, 0.2) is 11.5 Å². The van der Waals surface area contributed by atoms with Crippen molar-refractivity contribution in [1.29, 1.82) is 0 Å². The van der Waals surface area contributed by atoms with E-state index in [1.54, 1.807) is 0 Å². The van der Waals surface area contributed by atoms with E-state index in [-0.39, 0.29) is 24.4 Å². The average Bonchev–Trinajstić information content (AvgIpc) is 2.27. The molecule has 0 saturated heterocycles. The van der Waals surface area contributed by atoms with Crippen LogP contribution in [0.15, 0.2) is 18.2 Å². The first-order valence-electron chi connectivity index (χ1n) is 4.85. The number of phenols is 2. The van der Waals surface area contributed by atoms with E-state index in [4.69, 9.17) is 5.73 Å². The molecule has 0 heterocycles. The summed E-state index contributed by atoms with van der Waals surface area (Å²) in [4.78, 5) is 21.9. The lowest BCUT2D eigenvalue weighted by molar-refractivity contribution is 0.0950. The number of carbonyl (C=O) groups is 2. The summed E-state index contributed by atoms with van der Waals surface area (Å²) in [7, 11) is 0. The van der Waals surface area contributed by atoms with Gasteiger partial charge in [-0.25, -0.2) is 4.79 Å². The Kier molecular flexibility index (Phi) is 4.15. The molecule has 6 N–H and O–H groups in total. The van der Waals surface area contributed by atoms with Crippen molar-refractivity contribution < 1.29 is 19.8 Å². The lowest BCUT2D eigenvalue weighted by Gasteiger charge is -2.07. The second kappa shape index (κ2) is 5.59. The van der Waals surface area contributed by atoms with Gasteiger partial charge in [0.2, 0.25) is 0 Å². The van der Waals surface area contributed by atoms with E-state index < -0.39 is 17.7 Å². The summed E-state index contributed by atoms with van der Waals surface area (Å²) in [5.41, 5.74) is 4.79. The van der Waals surface area contributed by atoms with Gasteiger partial charge >= 0.3 is 6.03 Å². The van der Waals surface area contributed by atoms with Gasteiger partial charge in [-0.05, 0) is 12.1 Å². The topological polar surface area (TPSA) is 125 Å². The van der Waals surface area contributed by atoms with Gasteiger partial charge in [0, 0.05) is 13.1 Å². The Bertz CT molecular complexity index is 434. The third-order valence-corrected chi connectivity index (χ3v) is 1.97. The smallest absolute Gasteiger partial charge is 0.312 e. The molecule has 0 unspecified atom stereocenters. The maximum absolute atomic E-state index is 11.5. The molecule has 17 heavy (non-hydrogen) atoms. The van der Waals surface area contributed by atoms with Crippen LogP contribution in [0.5, 0.6) is 11.5 Å².